The maximum Gasteiger partial charge on any atom is 0.204 e. The molecular weight excluding hydrogens is 483 g/mol. The van der Waals surface area contributed by atoms with E-state index in [1.165, 1.54) is 11.1 Å². The van der Waals surface area contributed by atoms with Gasteiger partial charge in [-0.25, -0.2) is 4.98 Å². The van der Waals surface area contributed by atoms with Crippen LogP contribution in [0.4, 0.5) is 5.95 Å². The van der Waals surface area contributed by atoms with Gasteiger partial charge in [-0.1, -0.05) is 60.7 Å². The number of likely N-dealkylation sites (tertiary alicyclic amines) is 1. The average molecular weight is 518 g/mol. The summed E-state index contributed by atoms with van der Waals surface area (Å²) in [5.74, 6) is 1.92. The zero-order chi connectivity index (χ0) is 21.6. The summed E-state index contributed by atoms with van der Waals surface area (Å²) in [7, 11) is 0. The Morgan fingerprint density at radius 3 is 2.17 bits per heavy atom. The van der Waals surface area contributed by atoms with Crippen LogP contribution >= 0.6 is 24.8 Å². The fraction of sp³-hybridized carbons (Fsp3) is 0.296. The molecule has 6 nitrogen and oxygen atoms in total. The summed E-state index contributed by atoms with van der Waals surface area (Å²) in [6.07, 6.45) is 2.22. The quantitative estimate of drug-likeness (QED) is 0.355. The smallest absolute Gasteiger partial charge is 0.204 e. The summed E-state index contributed by atoms with van der Waals surface area (Å²) >= 11 is 0. The Morgan fingerprint density at radius 1 is 0.829 bits per heavy atom. The van der Waals surface area contributed by atoms with Gasteiger partial charge < -0.3 is 20.1 Å². The molecule has 0 radical (unpaired) electrons. The van der Waals surface area contributed by atoms with Crippen LogP contribution in [-0.2, 0) is 6.54 Å². The number of ether oxygens (including phenoxy) is 1. The van der Waals surface area contributed by atoms with E-state index in [9.17, 15) is 0 Å². The fourth-order valence-electron chi connectivity index (χ4n) is 4.40. The molecule has 1 saturated heterocycles. The Bertz CT molecular complexity index is 1130. The minimum Gasteiger partial charge on any atom is -0.492 e. The lowest BCUT2D eigenvalue weighted by Gasteiger charge is -2.32. The van der Waals surface area contributed by atoms with Crippen molar-refractivity contribution in [3.05, 3.63) is 90.5 Å². The third kappa shape index (κ3) is 7.36. The third-order valence-corrected chi connectivity index (χ3v) is 6.18. The molecule has 0 bridgehead atoms. The molecule has 35 heavy (non-hydrogen) atoms. The molecule has 188 valence electrons. The van der Waals surface area contributed by atoms with Gasteiger partial charge in [0.2, 0.25) is 5.95 Å². The van der Waals surface area contributed by atoms with Gasteiger partial charge in [0, 0.05) is 25.7 Å². The predicted molar refractivity (Wildman–Crippen MR) is 148 cm³/mol. The van der Waals surface area contributed by atoms with Crippen LogP contribution in [0.3, 0.4) is 0 Å². The van der Waals surface area contributed by atoms with Crippen LogP contribution in [0.1, 0.15) is 18.4 Å². The van der Waals surface area contributed by atoms with Gasteiger partial charge in [-0.2, -0.15) is 0 Å². The van der Waals surface area contributed by atoms with Gasteiger partial charge >= 0.3 is 0 Å². The first-order valence-electron chi connectivity index (χ1n) is 11.5. The van der Waals surface area contributed by atoms with E-state index in [0.29, 0.717) is 6.04 Å². The number of piperidine rings is 1. The van der Waals surface area contributed by atoms with Crippen LogP contribution in [0.25, 0.3) is 11.0 Å². The van der Waals surface area contributed by atoms with E-state index < -0.39 is 0 Å². The van der Waals surface area contributed by atoms with Gasteiger partial charge in [0.05, 0.1) is 17.6 Å². The SMILES string of the molecule is Cl.Cl.O.c1ccc(Cn2c(NC3CCN(CCOc4ccccc4)CC3)nc3ccccc32)cc1. The summed E-state index contributed by atoms with van der Waals surface area (Å²) in [6, 6.07) is 29.5. The Balaban J connectivity index is 0.00000144. The largest absolute Gasteiger partial charge is 0.492 e. The van der Waals surface area contributed by atoms with Crippen molar-refractivity contribution in [2.75, 3.05) is 31.6 Å². The van der Waals surface area contributed by atoms with Gasteiger partial charge in [0.15, 0.2) is 0 Å². The Labute approximate surface area is 219 Å². The van der Waals surface area contributed by atoms with E-state index in [2.05, 4.69) is 69.4 Å². The number of fused-ring (bicyclic) bond motifs is 1. The molecule has 1 aliphatic heterocycles. The number of halogens is 2. The molecule has 0 saturated carbocycles. The topological polar surface area (TPSA) is 73.8 Å². The van der Waals surface area contributed by atoms with Crippen molar-refractivity contribution >= 4 is 41.8 Å². The zero-order valence-corrected chi connectivity index (χ0v) is 21.3. The second kappa shape index (κ2) is 14.0. The molecule has 3 N–H and O–H groups in total. The number of hydrogen-bond donors (Lipinski definition) is 1. The van der Waals surface area contributed by atoms with E-state index >= 15 is 0 Å². The lowest BCUT2D eigenvalue weighted by molar-refractivity contribution is 0.177. The normalized spacial score (nSPS) is 13.8. The number of nitrogens with zero attached hydrogens (tertiary/aromatic N) is 3. The van der Waals surface area contributed by atoms with Crippen molar-refractivity contribution < 1.29 is 10.2 Å². The monoisotopic (exact) mass is 516 g/mol. The number of benzene rings is 3. The van der Waals surface area contributed by atoms with Crippen molar-refractivity contribution in [2.45, 2.75) is 25.4 Å². The van der Waals surface area contributed by atoms with Crippen LogP contribution in [-0.4, -0.2) is 52.2 Å². The maximum atomic E-state index is 5.87. The molecule has 1 fully saturated rings. The molecule has 1 aliphatic rings. The van der Waals surface area contributed by atoms with Crippen molar-refractivity contribution in [3.63, 3.8) is 0 Å². The second-order valence-electron chi connectivity index (χ2n) is 8.42. The number of anilines is 1. The molecular formula is C27H34Cl2N4O2. The molecule has 5 rings (SSSR count). The minimum atomic E-state index is 0. The lowest BCUT2D eigenvalue weighted by atomic mass is 10.1. The number of aromatic nitrogens is 2. The highest BCUT2D eigenvalue weighted by atomic mass is 35.5. The van der Waals surface area contributed by atoms with Gasteiger partial charge in [-0.15, -0.1) is 24.8 Å². The molecule has 2 heterocycles. The highest BCUT2D eigenvalue weighted by Gasteiger charge is 2.21. The second-order valence-corrected chi connectivity index (χ2v) is 8.42. The number of rotatable bonds is 8. The summed E-state index contributed by atoms with van der Waals surface area (Å²) in [4.78, 5) is 7.42. The summed E-state index contributed by atoms with van der Waals surface area (Å²) in [5.41, 5.74) is 3.50. The van der Waals surface area contributed by atoms with Crippen LogP contribution < -0.4 is 10.1 Å². The highest BCUT2D eigenvalue weighted by Crippen LogP contribution is 2.24. The van der Waals surface area contributed by atoms with Gasteiger partial charge in [0.1, 0.15) is 12.4 Å². The fourth-order valence-corrected chi connectivity index (χ4v) is 4.40. The third-order valence-electron chi connectivity index (χ3n) is 6.18. The van der Waals surface area contributed by atoms with E-state index in [0.717, 1.165) is 62.8 Å². The Hall–Kier alpha value is -2.77. The summed E-state index contributed by atoms with van der Waals surface area (Å²) in [5, 5.41) is 3.76. The van der Waals surface area contributed by atoms with Gasteiger partial charge in [0.25, 0.3) is 0 Å². The molecule has 8 heteroatoms. The number of nitrogens with one attached hydrogen (secondary N) is 1. The standard InChI is InChI=1S/C27H30N4O.2ClH.H2O/c1-3-9-22(10-4-1)21-31-26-14-8-7-13-25(26)29-27(31)28-23-15-17-30(18-16-23)19-20-32-24-11-5-2-6-12-24;;;/h1-14,23H,15-21H2,(H,28,29);2*1H;1H2. The van der Waals surface area contributed by atoms with E-state index in [-0.39, 0.29) is 30.3 Å². The average Bonchev–Trinajstić information content (AvgIpc) is 3.18. The number of para-hydroxylation sites is 3. The zero-order valence-electron chi connectivity index (χ0n) is 19.7. The Kier molecular flexibility index (Phi) is 11.3. The van der Waals surface area contributed by atoms with Crippen LogP contribution in [0.2, 0.25) is 0 Å². The molecule has 1 aromatic heterocycles. The van der Waals surface area contributed by atoms with Gasteiger partial charge in [-0.3, -0.25) is 4.90 Å². The van der Waals surface area contributed by atoms with Crippen LogP contribution in [0.5, 0.6) is 5.75 Å². The van der Waals surface area contributed by atoms with E-state index in [1.54, 1.807) is 0 Å². The molecule has 4 aromatic rings. The minimum absolute atomic E-state index is 0. The Morgan fingerprint density at radius 2 is 1.46 bits per heavy atom. The first-order chi connectivity index (χ1) is 15.8. The number of hydrogen-bond acceptors (Lipinski definition) is 4. The first-order valence-corrected chi connectivity index (χ1v) is 11.5. The van der Waals surface area contributed by atoms with Gasteiger partial charge in [-0.05, 0) is 42.7 Å². The lowest BCUT2D eigenvalue weighted by Crippen LogP contribution is -2.41. The maximum absolute atomic E-state index is 5.87. The van der Waals surface area contributed by atoms with Crippen molar-refractivity contribution in [1.82, 2.24) is 14.5 Å². The van der Waals surface area contributed by atoms with Crippen molar-refractivity contribution in [1.29, 1.82) is 0 Å². The molecule has 0 spiro atoms. The van der Waals surface area contributed by atoms with Crippen LogP contribution in [0.15, 0.2) is 84.9 Å². The van der Waals surface area contributed by atoms with E-state index in [1.807, 2.05) is 30.3 Å². The molecule has 0 unspecified atom stereocenters. The number of imidazole rings is 1. The van der Waals surface area contributed by atoms with Crippen molar-refractivity contribution in [3.8, 4) is 5.75 Å². The molecule has 0 aliphatic carbocycles. The van der Waals surface area contributed by atoms with E-state index in [4.69, 9.17) is 9.72 Å². The predicted octanol–water partition coefficient (Wildman–Crippen LogP) is 5.06. The highest BCUT2D eigenvalue weighted by molar-refractivity contribution is 5.85. The summed E-state index contributed by atoms with van der Waals surface area (Å²) in [6.45, 7) is 4.67. The molecule has 0 atom stereocenters. The van der Waals surface area contributed by atoms with Crippen LogP contribution in [0, 0.1) is 0 Å². The van der Waals surface area contributed by atoms with Crippen molar-refractivity contribution in [2.24, 2.45) is 0 Å². The molecule has 0 amide bonds. The first kappa shape index (κ1) is 28.5. The molecule has 3 aromatic carbocycles. The summed E-state index contributed by atoms with van der Waals surface area (Å²) < 4.78 is 8.18.